The van der Waals surface area contributed by atoms with E-state index in [4.69, 9.17) is 4.74 Å². The standard InChI is InChI=1S/C15H20O2/c1-3-4-7-13(12-17-2)10-11-14-8-5-6-9-15(14)16/h3,5-9,16H,1,4,10-12H2,2H3/b13-7+. The Hall–Kier alpha value is -1.54. The van der Waals surface area contributed by atoms with E-state index in [2.05, 4.69) is 12.7 Å². The molecule has 0 amide bonds. The maximum absolute atomic E-state index is 9.66. The summed E-state index contributed by atoms with van der Waals surface area (Å²) in [6, 6.07) is 7.45. The summed E-state index contributed by atoms with van der Waals surface area (Å²) >= 11 is 0. The maximum Gasteiger partial charge on any atom is 0.118 e. The number of aromatic hydroxyl groups is 1. The summed E-state index contributed by atoms with van der Waals surface area (Å²) in [6.07, 6.45) is 6.60. The number of para-hydroxylation sites is 1. The second-order valence-electron chi connectivity index (χ2n) is 3.95. The number of aryl methyl sites for hydroxylation is 1. The van der Waals surface area contributed by atoms with Gasteiger partial charge in [-0.2, -0.15) is 0 Å². The minimum atomic E-state index is 0.369. The molecule has 0 aromatic heterocycles. The van der Waals surface area contributed by atoms with Gasteiger partial charge in [0.1, 0.15) is 5.75 Å². The third-order valence-electron chi connectivity index (χ3n) is 2.61. The van der Waals surface area contributed by atoms with Gasteiger partial charge in [-0.3, -0.25) is 0 Å². The molecule has 0 unspecified atom stereocenters. The zero-order valence-corrected chi connectivity index (χ0v) is 10.4. The fraction of sp³-hybridized carbons (Fsp3) is 0.333. The first-order chi connectivity index (χ1) is 8.27. The third-order valence-corrected chi connectivity index (χ3v) is 2.61. The van der Waals surface area contributed by atoms with Gasteiger partial charge in [0.05, 0.1) is 6.61 Å². The van der Waals surface area contributed by atoms with E-state index in [-0.39, 0.29) is 0 Å². The lowest BCUT2D eigenvalue weighted by Gasteiger charge is -2.07. The first kappa shape index (κ1) is 13.5. The molecule has 1 N–H and O–H groups in total. The predicted octanol–water partition coefficient (Wildman–Crippen LogP) is 3.47. The quantitative estimate of drug-likeness (QED) is 0.729. The summed E-state index contributed by atoms with van der Waals surface area (Å²) in [5, 5.41) is 9.66. The molecule has 0 heterocycles. The van der Waals surface area contributed by atoms with Crippen LogP contribution >= 0.6 is 0 Å². The Morgan fingerprint density at radius 1 is 1.41 bits per heavy atom. The highest BCUT2D eigenvalue weighted by Crippen LogP contribution is 2.19. The number of hydrogen-bond acceptors (Lipinski definition) is 2. The van der Waals surface area contributed by atoms with Crippen molar-refractivity contribution in [2.45, 2.75) is 19.3 Å². The summed E-state index contributed by atoms with van der Waals surface area (Å²) in [5.41, 5.74) is 2.23. The van der Waals surface area contributed by atoms with Gasteiger partial charge in [0, 0.05) is 7.11 Å². The summed E-state index contributed by atoms with van der Waals surface area (Å²) < 4.78 is 5.15. The van der Waals surface area contributed by atoms with Gasteiger partial charge in [0.15, 0.2) is 0 Å². The van der Waals surface area contributed by atoms with Crippen molar-refractivity contribution in [3.8, 4) is 5.75 Å². The average molecular weight is 232 g/mol. The van der Waals surface area contributed by atoms with Gasteiger partial charge in [-0.05, 0) is 36.5 Å². The fourth-order valence-corrected chi connectivity index (χ4v) is 1.69. The predicted molar refractivity (Wildman–Crippen MR) is 71.2 cm³/mol. The van der Waals surface area contributed by atoms with Crippen LogP contribution in [0.1, 0.15) is 18.4 Å². The zero-order chi connectivity index (χ0) is 12.5. The number of phenolic OH excluding ortho intramolecular Hbond substituents is 1. The lowest BCUT2D eigenvalue weighted by atomic mass is 10.0. The van der Waals surface area contributed by atoms with Crippen molar-refractivity contribution in [1.29, 1.82) is 0 Å². The monoisotopic (exact) mass is 232 g/mol. The highest BCUT2D eigenvalue weighted by molar-refractivity contribution is 5.32. The van der Waals surface area contributed by atoms with E-state index in [1.165, 1.54) is 5.57 Å². The summed E-state index contributed by atoms with van der Waals surface area (Å²) in [4.78, 5) is 0. The normalized spacial score (nSPS) is 11.5. The second-order valence-corrected chi connectivity index (χ2v) is 3.95. The molecule has 17 heavy (non-hydrogen) atoms. The van der Waals surface area contributed by atoms with E-state index >= 15 is 0 Å². The van der Waals surface area contributed by atoms with Crippen molar-refractivity contribution in [2.75, 3.05) is 13.7 Å². The SMILES string of the molecule is C=CC/C=C(\CCc1ccccc1O)COC. The smallest absolute Gasteiger partial charge is 0.118 e. The first-order valence-corrected chi connectivity index (χ1v) is 5.82. The fourth-order valence-electron chi connectivity index (χ4n) is 1.69. The topological polar surface area (TPSA) is 29.5 Å². The second kappa shape index (κ2) is 7.69. The molecule has 92 valence electrons. The summed E-state index contributed by atoms with van der Waals surface area (Å²) in [6.45, 7) is 4.34. The van der Waals surface area contributed by atoms with E-state index in [1.807, 2.05) is 24.3 Å². The Morgan fingerprint density at radius 2 is 2.18 bits per heavy atom. The van der Waals surface area contributed by atoms with Crippen LogP contribution in [0.5, 0.6) is 5.75 Å². The zero-order valence-electron chi connectivity index (χ0n) is 10.4. The molecule has 1 rings (SSSR count). The van der Waals surface area contributed by atoms with Gasteiger partial charge in [-0.25, -0.2) is 0 Å². The molecule has 2 nitrogen and oxygen atoms in total. The Kier molecular flexibility index (Phi) is 6.12. The molecule has 0 radical (unpaired) electrons. The number of ether oxygens (including phenoxy) is 1. The highest BCUT2D eigenvalue weighted by Gasteiger charge is 2.02. The van der Waals surface area contributed by atoms with Gasteiger partial charge in [0.25, 0.3) is 0 Å². The molecule has 1 aromatic rings. The molecule has 1 aromatic carbocycles. The molecule has 0 atom stereocenters. The Labute approximate surface area is 103 Å². The molecular formula is C15H20O2. The Morgan fingerprint density at radius 3 is 2.82 bits per heavy atom. The van der Waals surface area contributed by atoms with Gasteiger partial charge < -0.3 is 9.84 Å². The van der Waals surface area contributed by atoms with Crippen LogP contribution in [0.25, 0.3) is 0 Å². The minimum Gasteiger partial charge on any atom is -0.508 e. The van der Waals surface area contributed by atoms with E-state index in [1.54, 1.807) is 13.2 Å². The van der Waals surface area contributed by atoms with E-state index in [0.717, 1.165) is 24.8 Å². The van der Waals surface area contributed by atoms with E-state index in [9.17, 15) is 5.11 Å². The van der Waals surface area contributed by atoms with Gasteiger partial charge in [-0.15, -0.1) is 6.58 Å². The molecular weight excluding hydrogens is 212 g/mol. The minimum absolute atomic E-state index is 0.369. The van der Waals surface area contributed by atoms with E-state index in [0.29, 0.717) is 12.4 Å². The van der Waals surface area contributed by atoms with Crippen LogP contribution in [-0.2, 0) is 11.2 Å². The molecule has 0 aliphatic rings. The van der Waals surface area contributed by atoms with Crippen LogP contribution in [0, 0.1) is 0 Å². The van der Waals surface area contributed by atoms with Gasteiger partial charge >= 0.3 is 0 Å². The number of rotatable bonds is 7. The molecule has 0 aliphatic heterocycles. The van der Waals surface area contributed by atoms with Gasteiger partial charge in [0.2, 0.25) is 0 Å². The Balaban J connectivity index is 2.57. The van der Waals surface area contributed by atoms with Crippen molar-refractivity contribution >= 4 is 0 Å². The van der Waals surface area contributed by atoms with E-state index < -0.39 is 0 Å². The number of phenols is 1. The highest BCUT2D eigenvalue weighted by atomic mass is 16.5. The number of benzene rings is 1. The molecule has 2 heteroatoms. The number of hydrogen-bond donors (Lipinski definition) is 1. The van der Waals surface area contributed by atoms with Gasteiger partial charge in [-0.1, -0.05) is 30.4 Å². The largest absolute Gasteiger partial charge is 0.508 e. The van der Waals surface area contributed by atoms with Crippen molar-refractivity contribution in [1.82, 2.24) is 0 Å². The molecule has 0 bridgehead atoms. The van der Waals surface area contributed by atoms with Crippen LogP contribution in [-0.4, -0.2) is 18.8 Å². The summed E-state index contributed by atoms with van der Waals surface area (Å²) in [7, 11) is 1.70. The van der Waals surface area contributed by atoms with Crippen molar-refractivity contribution in [2.24, 2.45) is 0 Å². The average Bonchev–Trinajstić information content (AvgIpc) is 2.34. The van der Waals surface area contributed by atoms with Crippen LogP contribution in [0.2, 0.25) is 0 Å². The van der Waals surface area contributed by atoms with Crippen molar-refractivity contribution in [3.63, 3.8) is 0 Å². The number of methoxy groups -OCH3 is 1. The lowest BCUT2D eigenvalue weighted by Crippen LogP contribution is -1.97. The Bertz CT molecular complexity index is 380. The van der Waals surface area contributed by atoms with Crippen LogP contribution < -0.4 is 0 Å². The lowest BCUT2D eigenvalue weighted by molar-refractivity contribution is 0.222. The third kappa shape index (κ3) is 4.87. The molecule has 0 aliphatic carbocycles. The number of allylic oxidation sites excluding steroid dienone is 2. The van der Waals surface area contributed by atoms with Crippen molar-refractivity contribution < 1.29 is 9.84 Å². The summed E-state index contributed by atoms with van der Waals surface area (Å²) in [5.74, 6) is 0.369. The van der Waals surface area contributed by atoms with Crippen LogP contribution in [0.4, 0.5) is 0 Å². The van der Waals surface area contributed by atoms with Crippen LogP contribution in [0.15, 0.2) is 48.6 Å². The van der Waals surface area contributed by atoms with Crippen molar-refractivity contribution in [3.05, 3.63) is 54.1 Å². The molecule has 0 spiro atoms. The molecule has 0 fully saturated rings. The first-order valence-electron chi connectivity index (χ1n) is 5.82. The molecule has 0 saturated heterocycles. The van der Waals surface area contributed by atoms with Crippen LogP contribution in [0.3, 0.4) is 0 Å². The molecule has 0 saturated carbocycles. The maximum atomic E-state index is 9.66.